The third kappa shape index (κ3) is 4.16. The maximum atomic E-state index is 12.9. The van der Waals surface area contributed by atoms with Gasteiger partial charge in [0.05, 0.1) is 30.4 Å². The van der Waals surface area contributed by atoms with Crippen LogP contribution in [-0.2, 0) is 11.2 Å². The predicted molar refractivity (Wildman–Crippen MR) is 82.8 cm³/mol. The molecule has 0 aliphatic carbocycles. The van der Waals surface area contributed by atoms with Gasteiger partial charge in [-0.05, 0) is 17.7 Å². The van der Waals surface area contributed by atoms with Crippen LogP contribution in [0.1, 0.15) is 12.0 Å². The summed E-state index contributed by atoms with van der Waals surface area (Å²) in [6.07, 6.45) is 3.78. The molecule has 2 heterocycles. The van der Waals surface area contributed by atoms with Gasteiger partial charge in [-0.25, -0.2) is 14.4 Å². The lowest BCUT2D eigenvalue weighted by atomic mass is 10.1. The van der Waals surface area contributed by atoms with E-state index in [-0.39, 0.29) is 30.3 Å². The van der Waals surface area contributed by atoms with Gasteiger partial charge >= 0.3 is 6.01 Å². The van der Waals surface area contributed by atoms with E-state index in [4.69, 9.17) is 16.3 Å². The summed E-state index contributed by atoms with van der Waals surface area (Å²) >= 11 is 5.72. The summed E-state index contributed by atoms with van der Waals surface area (Å²) < 4.78 is 18.5. The minimum Gasteiger partial charge on any atom is -0.458 e. The monoisotopic (exact) mass is 335 g/mol. The quantitative estimate of drug-likeness (QED) is 0.861. The first-order valence-electron chi connectivity index (χ1n) is 7.26. The Bertz CT molecular complexity index is 679. The summed E-state index contributed by atoms with van der Waals surface area (Å²) in [4.78, 5) is 22.0. The molecule has 1 amide bonds. The van der Waals surface area contributed by atoms with Gasteiger partial charge in [-0.2, -0.15) is 0 Å². The second-order valence-corrected chi connectivity index (χ2v) is 5.79. The van der Waals surface area contributed by atoms with Crippen LogP contribution in [0.2, 0.25) is 5.02 Å². The lowest BCUT2D eigenvalue weighted by Crippen LogP contribution is -2.32. The van der Waals surface area contributed by atoms with Crippen molar-refractivity contribution in [3.63, 3.8) is 0 Å². The van der Waals surface area contributed by atoms with Crippen molar-refractivity contribution in [2.45, 2.75) is 18.9 Å². The number of ether oxygens (including phenoxy) is 1. The molecule has 0 spiro atoms. The van der Waals surface area contributed by atoms with E-state index >= 15 is 0 Å². The lowest BCUT2D eigenvalue weighted by Gasteiger charge is -2.16. The van der Waals surface area contributed by atoms with Crippen molar-refractivity contribution in [1.82, 2.24) is 14.9 Å². The Morgan fingerprint density at radius 2 is 2.00 bits per heavy atom. The van der Waals surface area contributed by atoms with E-state index in [0.717, 1.165) is 12.0 Å². The summed E-state index contributed by atoms with van der Waals surface area (Å²) in [7, 11) is 0. The van der Waals surface area contributed by atoms with Crippen LogP contribution in [0.5, 0.6) is 6.01 Å². The number of halogens is 2. The fraction of sp³-hybridized carbons (Fsp3) is 0.312. The zero-order chi connectivity index (χ0) is 16.2. The van der Waals surface area contributed by atoms with Gasteiger partial charge in [0.1, 0.15) is 11.9 Å². The Morgan fingerprint density at radius 3 is 2.70 bits per heavy atom. The van der Waals surface area contributed by atoms with E-state index < -0.39 is 0 Å². The SMILES string of the molecule is O=C(Cc1ccc(F)cc1)N1CC[C@H](Oc2ncc(Cl)cn2)C1. The van der Waals surface area contributed by atoms with E-state index in [1.54, 1.807) is 17.0 Å². The zero-order valence-electron chi connectivity index (χ0n) is 12.3. The molecular formula is C16H15ClFN3O2. The van der Waals surface area contributed by atoms with Crippen LogP contribution < -0.4 is 4.74 Å². The number of rotatable bonds is 4. The topological polar surface area (TPSA) is 55.3 Å². The molecule has 1 aromatic heterocycles. The van der Waals surface area contributed by atoms with Crippen molar-refractivity contribution in [2.75, 3.05) is 13.1 Å². The van der Waals surface area contributed by atoms with Gasteiger partial charge in [-0.15, -0.1) is 0 Å². The normalized spacial score (nSPS) is 17.3. The maximum absolute atomic E-state index is 12.9. The van der Waals surface area contributed by atoms with Crippen molar-refractivity contribution in [3.05, 3.63) is 53.1 Å². The second kappa shape index (κ2) is 6.91. The molecule has 1 fully saturated rings. The molecule has 1 saturated heterocycles. The van der Waals surface area contributed by atoms with Crippen molar-refractivity contribution < 1.29 is 13.9 Å². The van der Waals surface area contributed by atoms with Crippen molar-refractivity contribution >= 4 is 17.5 Å². The van der Waals surface area contributed by atoms with Crippen LogP contribution in [0.3, 0.4) is 0 Å². The van der Waals surface area contributed by atoms with E-state index in [1.165, 1.54) is 24.5 Å². The first-order valence-corrected chi connectivity index (χ1v) is 7.64. The number of hydrogen-bond acceptors (Lipinski definition) is 4. The summed E-state index contributed by atoms with van der Waals surface area (Å²) in [6, 6.07) is 6.22. The van der Waals surface area contributed by atoms with Gasteiger partial charge in [-0.1, -0.05) is 23.7 Å². The molecule has 7 heteroatoms. The molecule has 2 aromatic rings. The molecule has 23 heavy (non-hydrogen) atoms. The van der Waals surface area contributed by atoms with Gasteiger partial charge in [0.15, 0.2) is 0 Å². The Labute approximate surface area is 138 Å². The number of benzene rings is 1. The third-order valence-electron chi connectivity index (χ3n) is 3.64. The molecule has 0 unspecified atom stereocenters. The highest BCUT2D eigenvalue weighted by Crippen LogP contribution is 2.17. The van der Waals surface area contributed by atoms with Crippen molar-refractivity contribution in [2.24, 2.45) is 0 Å². The average molecular weight is 336 g/mol. The van der Waals surface area contributed by atoms with Crippen LogP contribution in [0, 0.1) is 5.82 Å². The Hall–Kier alpha value is -2.21. The molecule has 5 nitrogen and oxygen atoms in total. The molecule has 1 aromatic carbocycles. The minimum absolute atomic E-state index is 0.000248. The van der Waals surface area contributed by atoms with Crippen LogP contribution in [-0.4, -0.2) is 40.0 Å². The zero-order valence-corrected chi connectivity index (χ0v) is 13.0. The van der Waals surface area contributed by atoms with E-state index in [1.807, 2.05) is 0 Å². The van der Waals surface area contributed by atoms with Crippen LogP contribution >= 0.6 is 11.6 Å². The van der Waals surface area contributed by atoms with E-state index in [0.29, 0.717) is 18.1 Å². The number of amides is 1. The fourth-order valence-corrected chi connectivity index (χ4v) is 2.55. The maximum Gasteiger partial charge on any atom is 0.316 e. The molecule has 0 bridgehead atoms. The number of nitrogens with zero attached hydrogens (tertiary/aromatic N) is 3. The van der Waals surface area contributed by atoms with Crippen molar-refractivity contribution in [1.29, 1.82) is 0 Å². The van der Waals surface area contributed by atoms with Gasteiger partial charge in [0.2, 0.25) is 5.91 Å². The molecule has 0 radical (unpaired) electrons. The Kier molecular flexibility index (Phi) is 4.71. The average Bonchev–Trinajstić information content (AvgIpc) is 3.00. The summed E-state index contributed by atoms with van der Waals surface area (Å²) in [5, 5.41) is 0.444. The summed E-state index contributed by atoms with van der Waals surface area (Å²) in [5.41, 5.74) is 0.793. The number of aromatic nitrogens is 2. The molecule has 0 N–H and O–H groups in total. The van der Waals surface area contributed by atoms with Crippen LogP contribution in [0.15, 0.2) is 36.7 Å². The predicted octanol–water partition coefficient (Wildman–Crippen LogP) is 2.49. The van der Waals surface area contributed by atoms with Crippen LogP contribution in [0.25, 0.3) is 0 Å². The number of carbonyl (C=O) groups excluding carboxylic acids is 1. The highest BCUT2D eigenvalue weighted by Gasteiger charge is 2.28. The first-order chi connectivity index (χ1) is 11.1. The molecule has 120 valence electrons. The molecule has 1 atom stereocenters. The largest absolute Gasteiger partial charge is 0.458 e. The van der Waals surface area contributed by atoms with Crippen LogP contribution in [0.4, 0.5) is 4.39 Å². The van der Waals surface area contributed by atoms with Gasteiger partial charge < -0.3 is 9.64 Å². The van der Waals surface area contributed by atoms with E-state index in [2.05, 4.69) is 9.97 Å². The van der Waals surface area contributed by atoms with Gasteiger partial charge in [0.25, 0.3) is 0 Å². The lowest BCUT2D eigenvalue weighted by molar-refractivity contribution is -0.129. The smallest absolute Gasteiger partial charge is 0.316 e. The summed E-state index contributed by atoms with van der Waals surface area (Å²) in [6.45, 7) is 1.12. The number of hydrogen-bond donors (Lipinski definition) is 0. The number of carbonyl (C=O) groups is 1. The Balaban J connectivity index is 1.53. The third-order valence-corrected chi connectivity index (χ3v) is 3.83. The highest BCUT2D eigenvalue weighted by atomic mass is 35.5. The van der Waals surface area contributed by atoms with Gasteiger partial charge in [-0.3, -0.25) is 4.79 Å². The van der Waals surface area contributed by atoms with Gasteiger partial charge in [0, 0.05) is 13.0 Å². The first kappa shape index (κ1) is 15.7. The second-order valence-electron chi connectivity index (χ2n) is 5.36. The fourth-order valence-electron chi connectivity index (χ4n) is 2.45. The molecule has 0 saturated carbocycles. The standard InChI is InChI=1S/C16H15ClFN3O2/c17-12-8-19-16(20-9-12)23-14-5-6-21(10-14)15(22)7-11-1-3-13(18)4-2-11/h1-4,8-9,14H,5-7,10H2/t14-/m0/s1. The Morgan fingerprint density at radius 1 is 1.30 bits per heavy atom. The molecule has 3 rings (SSSR count). The number of likely N-dealkylation sites (tertiary alicyclic amines) is 1. The van der Waals surface area contributed by atoms with E-state index in [9.17, 15) is 9.18 Å². The highest BCUT2D eigenvalue weighted by molar-refractivity contribution is 6.30. The summed E-state index contributed by atoms with van der Waals surface area (Å²) in [5.74, 6) is -0.307. The molecule has 1 aliphatic rings. The molecule has 1 aliphatic heterocycles. The van der Waals surface area contributed by atoms with Crippen molar-refractivity contribution in [3.8, 4) is 6.01 Å². The molecular weight excluding hydrogens is 321 g/mol. The minimum atomic E-state index is -0.307.